The van der Waals surface area contributed by atoms with E-state index in [9.17, 15) is 4.79 Å². The fraction of sp³-hybridized carbons (Fsp3) is 0.294. The van der Waals surface area contributed by atoms with Crippen molar-refractivity contribution in [3.8, 4) is 0 Å². The van der Waals surface area contributed by atoms with Crippen LogP contribution in [0.4, 0.5) is 17.2 Å². The van der Waals surface area contributed by atoms with Crippen LogP contribution in [0.1, 0.15) is 29.6 Å². The zero-order chi connectivity index (χ0) is 15.4. The van der Waals surface area contributed by atoms with Gasteiger partial charge in [-0.05, 0) is 55.7 Å². The van der Waals surface area contributed by atoms with Crippen molar-refractivity contribution >= 4 is 23.1 Å². The van der Waals surface area contributed by atoms with E-state index >= 15 is 0 Å². The van der Waals surface area contributed by atoms with Crippen LogP contribution in [0.2, 0.25) is 0 Å². The molecule has 0 unspecified atom stereocenters. The van der Waals surface area contributed by atoms with E-state index in [1.165, 1.54) is 19.3 Å². The third-order valence-corrected chi connectivity index (χ3v) is 3.86. The minimum Gasteiger partial charge on any atom is -0.399 e. The molecule has 5 heteroatoms. The maximum absolute atomic E-state index is 12.1. The molecule has 1 aromatic heterocycles. The zero-order valence-corrected chi connectivity index (χ0v) is 12.5. The Kier molecular flexibility index (Phi) is 4.23. The summed E-state index contributed by atoms with van der Waals surface area (Å²) >= 11 is 0. The number of hydrogen-bond donors (Lipinski definition) is 2. The summed E-state index contributed by atoms with van der Waals surface area (Å²) in [6.45, 7) is 2.12. The molecule has 1 aliphatic heterocycles. The average molecular weight is 296 g/mol. The van der Waals surface area contributed by atoms with Crippen LogP contribution in [0.15, 0.2) is 42.6 Å². The summed E-state index contributed by atoms with van der Waals surface area (Å²) in [4.78, 5) is 18.9. The second-order valence-corrected chi connectivity index (χ2v) is 5.53. The molecule has 1 aromatic carbocycles. The van der Waals surface area contributed by atoms with Gasteiger partial charge < -0.3 is 16.0 Å². The highest BCUT2D eigenvalue weighted by atomic mass is 16.1. The molecule has 5 nitrogen and oxygen atoms in total. The van der Waals surface area contributed by atoms with Gasteiger partial charge in [0.2, 0.25) is 0 Å². The number of nitrogen functional groups attached to an aromatic ring is 1. The first-order chi connectivity index (χ1) is 10.7. The highest BCUT2D eigenvalue weighted by Gasteiger charge is 2.12. The topological polar surface area (TPSA) is 71.2 Å². The Morgan fingerprint density at radius 1 is 1.05 bits per heavy atom. The van der Waals surface area contributed by atoms with Crippen molar-refractivity contribution in [3.05, 3.63) is 48.2 Å². The van der Waals surface area contributed by atoms with Crippen molar-refractivity contribution in [3.63, 3.8) is 0 Å². The van der Waals surface area contributed by atoms with Gasteiger partial charge in [0.15, 0.2) is 0 Å². The summed E-state index contributed by atoms with van der Waals surface area (Å²) in [5.74, 6) is 0.817. The molecule has 0 atom stereocenters. The lowest BCUT2D eigenvalue weighted by molar-refractivity contribution is 0.102. The second kappa shape index (κ2) is 6.47. The Labute approximate surface area is 130 Å². The van der Waals surface area contributed by atoms with Gasteiger partial charge in [0.1, 0.15) is 5.82 Å². The lowest BCUT2D eigenvalue weighted by Crippen LogP contribution is -2.30. The molecule has 0 saturated carbocycles. The molecule has 1 amide bonds. The number of carbonyl (C=O) groups is 1. The van der Waals surface area contributed by atoms with Gasteiger partial charge in [-0.15, -0.1) is 0 Å². The van der Waals surface area contributed by atoms with E-state index in [0.717, 1.165) is 18.9 Å². The first kappa shape index (κ1) is 14.4. The van der Waals surface area contributed by atoms with Gasteiger partial charge in [0.05, 0.1) is 11.9 Å². The first-order valence-electron chi connectivity index (χ1n) is 7.60. The number of nitrogens with zero attached hydrogens (tertiary/aromatic N) is 2. The Balaban J connectivity index is 1.65. The SMILES string of the molecule is Nc1ccc(C(=O)Nc2ccc(N3CCCCC3)nc2)cc1. The summed E-state index contributed by atoms with van der Waals surface area (Å²) < 4.78 is 0. The zero-order valence-electron chi connectivity index (χ0n) is 12.5. The molecule has 114 valence electrons. The Bertz CT molecular complexity index is 631. The Hall–Kier alpha value is -2.56. The highest BCUT2D eigenvalue weighted by molar-refractivity contribution is 6.04. The molecule has 0 radical (unpaired) electrons. The van der Waals surface area contributed by atoms with E-state index in [4.69, 9.17) is 5.73 Å². The highest BCUT2D eigenvalue weighted by Crippen LogP contribution is 2.19. The number of hydrogen-bond acceptors (Lipinski definition) is 4. The predicted octanol–water partition coefficient (Wildman–Crippen LogP) is 2.91. The largest absolute Gasteiger partial charge is 0.399 e. The molecule has 1 saturated heterocycles. The number of rotatable bonds is 3. The summed E-state index contributed by atoms with van der Waals surface area (Å²) in [6.07, 6.45) is 5.44. The number of benzene rings is 1. The number of carbonyl (C=O) groups excluding carboxylic acids is 1. The number of amides is 1. The summed E-state index contributed by atoms with van der Waals surface area (Å²) in [6, 6.07) is 10.7. The van der Waals surface area contributed by atoms with Crippen LogP contribution in [0.3, 0.4) is 0 Å². The van der Waals surface area contributed by atoms with E-state index in [2.05, 4.69) is 15.2 Å². The Morgan fingerprint density at radius 2 is 1.77 bits per heavy atom. The molecule has 3 rings (SSSR count). The third kappa shape index (κ3) is 3.36. The number of aromatic nitrogens is 1. The van der Waals surface area contributed by atoms with E-state index in [-0.39, 0.29) is 5.91 Å². The lowest BCUT2D eigenvalue weighted by atomic mass is 10.1. The van der Waals surface area contributed by atoms with E-state index in [0.29, 0.717) is 16.9 Å². The summed E-state index contributed by atoms with van der Waals surface area (Å²) in [5.41, 5.74) is 7.54. The van der Waals surface area contributed by atoms with Crippen LogP contribution in [-0.4, -0.2) is 24.0 Å². The van der Waals surface area contributed by atoms with Crippen LogP contribution in [-0.2, 0) is 0 Å². The van der Waals surface area contributed by atoms with Crippen molar-refractivity contribution in [1.29, 1.82) is 0 Å². The molecule has 0 bridgehead atoms. The maximum atomic E-state index is 12.1. The van der Waals surface area contributed by atoms with Crippen molar-refractivity contribution in [1.82, 2.24) is 4.98 Å². The molecule has 0 spiro atoms. The van der Waals surface area contributed by atoms with Crippen LogP contribution < -0.4 is 16.0 Å². The Morgan fingerprint density at radius 3 is 2.41 bits per heavy atom. The van der Waals surface area contributed by atoms with Crippen molar-refractivity contribution in [2.45, 2.75) is 19.3 Å². The van der Waals surface area contributed by atoms with Gasteiger partial charge in [-0.2, -0.15) is 0 Å². The van der Waals surface area contributed by atoms with Crippen LogP contribution >= 0.6 is 0 Å². The maximum Gasteiger partial charge on any atom is 0.255 e. The monoisotopic (exact) mass is 296 g/mol. The van der Waals surface area contributed by atoms with Gasteiger partial charge in [-0.1, -0.05) is 0 Å². The molecule has 1 fully saturated rings. The first-order valence-corrected chi connectivity index (χ1v) is 7.60. The number of nitrogens with one attached hydrogen (secondary N) is 1. The van der Waals surface area contributed by atoms with Crippen LogP contribution in [0, 0.1) is 0 Å². The fourth-order valence-corrected chi connectivity index (χ4v) is 2.61. The van der Waals surface area contributed by atoms with E-state index in [1.54, 1.807) is 30.5 Å². The second-order valence-electron chi connectivity index (χ2n) is 5.53. The predicted molar refractivity (Wildman–Crippen MR) is 89.1 cm³/mol. The quantitative estimate of drug-likeness (QED) is 0.854. The van der Waals surface area contributed by atoms with Gasteiger partial charge in [-0.3, -0.25) is 4.79 Å². The van der Waals surface area contributed by atoms with Gasteiger partial charge >= 0.3 is 0 Å². The number of pyridine rings is 1. The summed E-state index contributed by atoms with van der Waals surface area (Å²) in [5, 5.41) is 2.85. The van der Waals surface area contributed by atoms with Gasteiger partial charge in [0.25, 0.3) is 5.91 Å². The number of piperidine rings is 1. The fourth-order valence-electron chi connectivity index (χ4n) is 2.61. The summed E-state index contributed by atoms with van der Waals surface area (Å²) in [7, 11) is 0. The van der Waals surface area contributed by atoms with E-state index in [1.807, 2.05) is 12.1 Å². The smallest absolute Gasteiger partial charge is 0.255 e. The standard InChI is InChI=1S/C17H20N4O/c18-14-6-4-13(5-7-14)17(22)20-15-8-9-16(19-12-15)21-10-2-1-3-11-21/h4-9,12H,1-3,10-11,18H2,(H,20,22). The molecular formula is C17H20N4O. The minimum atomic E-state index is -0.160. The lowest BCUT2D eigenvalue weighted by Gasteiger charge is -2.27. The van der Waals surface area contributed by atoms with Crippen molar-refractivity contribution in [2.75, 3.05) is 29.0 Å². The van der Waals surface area contributed by atoms with E-state index < -0.39 is 0 Å². The molecule has 3 N–H and O–H groups in total. The minimum absolute atomic E-state index is 0.160. The molecule has 2 heterocycles. The molecule has 1 aliphatic rings. The number of anilines is 3. The van der Waals surface area contributed by atoms with Crippen molar-refractivity contribution in [2.24, 2.45) is 0 Å². The average Bonchev–Trinajstić information content (AvgIpc) is 2.57. The van der Waals surface area contributed by atoms with Crippen LogP contribution in [0.25, 0.3) is 0 Å². The molecule has 2 aromatic rings. The van der Waals surface area contributed by atoms with Gasteiger partial charge in [-0.25, -0.2) is 4.98 Å². The third-order valence-electron chi connectivity index (χ3n) is 3.86. The normalized spacial score (nSPS) is 14.6. The van der Waals surface area contributed by atoms with Gasteiger partial charge in [0, 0.05) is 24.3 Å². The van der Waals surface area contributed by atoms with Crippen LogP contribution in [0.5, 0.6) is 0 Å². The number of nitrogens with two attached hydrogens (primary N) is 1. The molecule has 0 aliphatic carbocycles. The molecule has 22 heavy (non-hydrogen) atoms. The van der Waals surface area contributed by atoms with Crippen molar-refractivity contribution < 1.29 is 4.79 Å². The molecular weight excluding hydrogens is 276 g/mol.